The van der Waals surface area contributed by atoms with Crippen LogP contribution >= 0.6 is 0 Å². The first-order valence-electron chi connectivity index (χ1n) is 6.79. The predicted octanol–water partition coefficient (Wildman–Crippen LogP) is 1.43. The lowest BCUT2D eigenvalue weighted by Gasteiger charge is -2.40. The molecule has 1 aliphatic carbocycles. The number of hydrogen-bond acceptors (Lipinski definition) is 3. The Kier molecular flexibility index (Phi) is 4.22. The number of rotatable bonds is 3. The summed E-state index contributed by atoms with van der Waals surface area (Å²) in [4.78, 5) is 24.5. The SMILES string of the molecule is O=C(O)C1CCN(C2CCCCC2)CC1C(=O)O. The average Bonchev–Trinajstić information content (AvgIpc) is 2.39. The second kappa shape index (κ2) is 5.69. The van der Waals surface area contributed by atoms with Gasteiger partial charge in [-0.3, -0.25) is 14.5 Å². The van der Waals surface area contributed by atoms with E-state index in [4.69, 9.17) is 5.11 Å². The van der Waals surface area contributed by atoms with Crippen LogP contribution in [0, 0.1) is 11.8 Å². The first-order valence-corrected chi connectivity index (χ1v) is 6.79. The molecule has 0 spiro atoms. The molecule has 102 valence electrons. The minimum absolute atomic E-state index is 0.400. The van der Waals surface area contributed by atoms with Crippen LogP contribution in [0.5, 0.6) is 0 Å². The van der Waals surface area contributed by atoms with Crippen molar-refractivity contribution < 1.29 is 19.8 Å². The fourth-order valence-electron chi connectivity index (χ4n) is 3.30. The monoisotopic (exact) mass is 255 g/mol. The van der Waals surface area contributed by atoms with Crippen LogP contribution in [-0.4, -0.2) is 46.2 Å². The van der Waals surface area contributed by atoms with Gasteiger partial charge in [0.25, 0.3) is 0 Å². The maximum Gasteiger partial charge on any atom is 0.308 e. The maximum absolute atomic E-state index is 11.2. The van der Waals surface area contributed by atoms with Gasteiger partial charge in [-0.05, 0) is 25.8 Å². The van der Waals surface area contributed by atoms with Crippen LogP contribution in [0.3, 0.4) is 0 Å². The zero-order valence-corrected chi connectivity index (χ0v) is 10.5. The molecule has 0 aromatic rings. The van der Waals surface area contributed by atoms with Gasteiger partial charge in [-0.1, -0.05) is 19.3 Å². The van der Waals surface area contributed by atoms with E-state index >= 15 is 0 Å². The van der Waals surface area contributed by atoms with Crippen molar-refractivity contribution in [2.24, 2.45) is 11.8 Å². The summed E-state index contributed by atoms with van der Waals surface area (Å²) in [7, 11) is 0. The summed E-state index contributed by atoms with van der Waals surface area (Å²) >= 11 is 0. The Morgan fingerprint density at radius 1 is 0.889 bits per heavy atom. The van der Waals surface area contributed by atoms with Crippen molar-refractivity contribution in [2.45, 2.75) is 44.6 Å². The minimum Gasteiger partial charge on any atom is -0.481 e. The third-order valence-electron chi connectivity index (χ3n) is 4.37. The highest BCUT2D eigenvalue weighted by Gasteiger charge is 2.40. The molecule has 1 saturated heterocycles. The molecule has 2 N–H and O–H groups in total. The van der Waals surface area contributed by atoms with Gasteiger partial charge in [0.2, 0.25) is 0 Å². The zero-order valence-electron chi connectivity index (χ0n) is 10.5. The summed E-state index contributed by atoms with van der Waals surface area (Å²) in [6, 6.07) is 0.468. The molecule has 2 aliphatic rings. The van der Waals surface area contributed by atoms with E-state index in [1.54, 1.807) is 0 Å². The summed E-state index contributed by atoms with van der Waals surface area (Å²) in [5, 5.41) is 18.3. The lowest BCUT2D eigenvalue weighted by atomic mass is 9.83. The van der Waals surface area contributed by atoms with E-state index in [9.17, 15) is 14.7 Å². The average molecular weight is 255 g/mol. The van der Waals surface area contributed by atoms with Crippen LogP contribution in [0.25, 0.3) is 0 Å². The van der Waals surface area contributed by atoms with Crippen molar-refractivity contribution in [3.8, 4) is 0 Å². The van der Waals surface area contributed by atoms with E-state index in [0.717, 1.165) is 19.4 Å². The number of nitrogens with zero attached hydrogens (tertiary/aromatic N) is 1. The molecule has 0 bridgehead atoms. The molecule has 0 amide bonds. The molecule has 0 aromatic carbocycles. The number of piperidine rings is 1. The maximum atomic E-state index is 11.2. The zero-order chi connectivity index (χ0) is 13.1. The van der Waals surface area contributed by atoms with Crippen molar-refractivity contribution in [2.75, 3.05) is 13.1 Å². The normalized spacial score (nSPS) is 31.1. The lowest BCUT2D eigenvalue weighted by Crippen LogP contribution is -2.50. The van der Waals surface area contributed by atoms with Crippen LogP contribution in [-0.2, 0) is 9.59 Å². The molecular formula is C13H21NO4. The molecule has 2 atom stereocenters. The van der Waals surface area contributed by atoms with Gasteiger partial charge in [-0.25, -0.2) is 0 Å². The molecule has 1 saturated carbocycles. The van der Waals surface area contributed by atoms with Gasteiger partial charge >= 0.3 is 11.9 Å². The second-order valence-corrected chi connectivity index (χ2v) is 5.46. The highest BCUT2D eigenvalue weighted by molar-refractivity contribution is 5.80. The van der Waals surface area contributed by atoms with E-state index in [0.29, 0.717) is 19.0 Å². The van der Waals surface area contributed by atoms with Crippen molar-refractivity contribution in [3.63, 3.8) is 0 Å². The number of hydrogen-bond donors (Lipinski definition) is 2. The molecule has 1 heterocycles. The molecule has 0 aromatic heterocycles. The Hall–Kier alpha value is -1.10. The molecule has 5 nitrogen and oxygen atoms in total. The molecule has 2 rings (SSSR count). The number of carbonyl (C=O) groups is 2. The highest BCUT2D eigenvalue weighted by Crippen LogP contribution is 2.30. The highest BCUT2D eigenvalue weighted by atomic mass is 16.4. The van der Waals surface area contributed by atoms with Gasteiger partial charge in [0.15, 0.2) is 0 Å². The van der Waals surface area contributed by atoms with E-state index in [-0.39, 0.29) is 0 Å². The Balaban J connectivity index is 2.01. The van der Waals surface area contributed by atoms with Crippen LogP contribution in [0.2, 0.25) is 0 Å². The van der Waals surface area contributed by atoms with E-state index < -0.39 is 23.8 Å². The number of likely N-dealkylation sites (tertiary alicyclic amines) is 1. The summed E-state index contributed by atoms with van der Waals surface area (Å²) in [5.41, 5.74) is 0. The van der Waals surface area contributed by atoms with Gasteiger partial charge in [-0.15, -0.1) is 0 Å². The first kappa shape index (κ1) is 13.3. The second-order valence-electron chi connectivity index (χ2n) is 5.46. The van der Waals surface area contributed by atoms with Crippen molar-refractivity contribution in [1.82, 2.24) is 4.90 Å². The molecule has 18 heavy (non-hydrogen) atoms. The van der Waals surface area contributed by atoms with E-state index in [2.05, 4.69) is 4.90 Å². The van der Waals surface area contributed by atoms with Crippen molar-refractivity contribution in [3.05, 3.63) is 0 Å². The van der Waals surface area contributed by atoms with Crippen LogP contribution in [0.15, 0.2) is 0 Å². The lowest BCUT2D eigenvalue weighted by molar-refractivity contribution is -0.157. The molecule has 5 heteroatoms. The predicted molar refractivity (Wildman–Crippen MR) is 65.3 cm³/mol. The first-order chi connectivity index (χ1) is 8.59. The summed E-state index contributed by atoms with van der Waals surface area (Å²) in [6.07, 6.45) is 6.41. The molecule has 1 aliphatic heterocycles. The van der Waals surface area contributed by atoms with Crippen molar-refractivity contribution >= 4 is 11.9 Å². The largest absolute Gasteiger partial charge is 0.481 e. The Bertz CT molecular complexity index is 325. The summed E-state index contributed by atoms with van der Waals surface area (Å²) in [6.45, 7) is 1.13. The third kappa shape index (κ3) is 2.83. The number of carboxylic acids is 2. The third-order valence-corrected chi connectivity index (χ3v) is 4.37. The molecule has 0 radical (unpaired) electrons. The van der Waals surface area contributed by atoms with Crippen molar-refractivity contribution in [1.29, 1.82) is 0 Å². The van der Waals surface area contributed by atoms with E-state index in [1.165, 1.54) is 19.3 Å². The molecule has 2 unspecified atom stereocenters. The fourth-order valence-corrected chi connectivity index (χ4v) is 3.30. The Morgan fingerprint density at radius 3 is 2.06 bits per heavy atom. The molecular weight excluding hydrogens is 234 g/mol. The standard InChI is InChI=1S/C13H21NO4/c15-12(16)10-6-7-14(8-11(10)13(17)18)9-4-2-1-3-5-9/h9-11H,1-8H2,(H,15,16)(H,17,18). The minimum atomic E-state index is -0.970. The summed E-state index contributed by atoms with van der Waals surface area (Å²) in [5.74, 6) is -3.41. The van der Waals surface area contributed by atoms with Gasteiger partial charge < -0.3 is 10.2 Å². The van der Waals surface area contributed by atoms with Crippen LogP contribution in [0.1, 0.15) is 38.5 Å². The fraction of sp³-hybridized carbons (Fsp3) is 0.846. The van der Waals surface area contributed by atoms with Gasteiger partial charge in [-0.2, -0.15) is 0 Å². The van der Waals surface area contributed by atoms with Crippen LogP contribution in [0.4, 0.5) is 0 Å². The molecule has 2 fully saturated rings. The van der Waals surface area contributed by atoms with E-state index in [1.807, 2.05) is 0 Å². The Labute approximate surface area is 107 Å². The number of aliphatic carboxylic acids is 2. The quantitative estimate of drug-likeness (QED) is 0.797. The Morgan fingerprint density at radius 2 is 1.50 bits per heavy atom. The van der Waals surface area contributed by atoms with Gasteiger partial charge in [0.05, 0.1) is 11.8 Å². The van der Waals surface area contributed by atoms with Crippen LogP contribution < -0.4 is 0 Å². The number of carboxylic acid groups (broad SMARTS) is 2. The smallest absolute Gasteiger partial charge is 0.308 e. The van der Waals surface area contributed by atoms with Gasteiger partial charge in [0, 0.05) is 12.6 Å². The van der Waals surface area contributed by atoms with Gasteiger partial charge in [0.1, 0.15) is 0 Å². The summed E-state index contributed by atoms with van der Waals surface area (Å²) < 4.78 is 0. The topological polar surface area (TPSA) is 77.8 Å².